The maximum absolute atomic E-state index is 11.7. The van der Waals surface area contributed by atoms with Crippen LogP contribution in [0.4, 0.5) is 0 Å². The lowest BCUT2D eigenvalue weighted by Gasteiger charge is -2.50. The molecule has 0 unspecified atom stereocenters. The van der Waals surface area contributed by atoms with E-state index in [-0.39, 0.29) is 6.61 Å². The Morgan fingerprint density at radius 2 is 0.434 bits per heavy atom. The third kappa shape index (κ3) is 14.3. The molecule has 21 fully saturated rings. The molecular weight excluding hydrogens is 1140 g/mol. The molecule has 0 aromatic rings. The minimum atomic E-state index is -2.21. The van der Waals surface area contributed by atoms with Crippen LogP contribution in [0.5, 0.6) is 0 Å². The molecule has 21 saturated heterocycles. The van der Waals surface area contributed by atoms with Crippen molar-refractivity contribution < 1.29 is 173 Å². The fraction of sp³-hybridized carbons (Fsp3) is 1.00. The minimum Gasteiger partial charge on any atom is -0.394 e. The Balaban J connectivity index is 1.09. The Labute approximate surface area is 471 Å². The summed E-state index contributed by atoms with van der Waals surface area (Å²) in [4.78, 5) is 0. The van der Waals surface area contributed by atoms with Crippen LogP contribution in [0.3, 0.4) is 0 Å². The van der Waals surface area contributed by atoms with Crippen LogP contribution in [0.1, 0.15) is 19.3 Å². The predicted octanol–water partition coefficient (Wildman–Crippen LogP) is -14.1. The van der Waals surface area contributed by atoms with E-state index in [1.807, 2.05) is 0 Å². The van der Waals surface area contributed by atoms with Crippen LogP contribution in [0.2, 0.25) is 0 Å². The Morgan fingerprint density at radius 1 is 0.241 bits per heavy atom. The summed E-state index contributed by atoms with van der Waals surface area (Å²) in [5, 5.41) is 223. The molecule has 0 amide bonds. The summed E-state index contributed by atoms with van der Waals surface area (Å²) >= 11 is 0. The van der Waals surface area contributed by atoms with E-state index in [1.165, 1.54) is 0 Å². The summed E-state index contributed by atoms with van der Waals surface area (Å²) in [5.74, 6) is 0. The number of hydrogen-bond acceptors (Lipinski definition) is 36. The highest BCUT2D eigenvalue weighted by atomic mass is 16.8. The number of aliphatic hydroxyl groups excluding tert-OH is 20. The van der Waals surface area contributed by atoms with E-state index in [2.05, 4.69) is 0 Å². The molecule has 0 aliphatic carbocycles. The number of aliphatic hydroxyl groups is 20. The van der Waals surface area contributed by atoms with Gasteiger partial charge in [0.2, 0.25) is 0 Å². The fourth-order valence-electron chi connectivity index (χ4n) is 11.1. The van der Waals surface area contributed by atoms with E-state index in [0.717, 1.165) is 0 Å². The second-order valence-corrected chi connectivity index (χ2v) is 21.4. The monoisotopic (exact) mass is 1220 g/mol. The second kappa shape index (κ2) is 29.9. The van der Waals surface area contributed by atoms with Crippen molar-refractivity contribution in [3.05, 3.63) is 0 Å². The SMILES string of the molecule is NCCCCCOC[C@H]1O[C@@H]2O[C@H]3[C@H](O)[C@@H](O)[C@@H](O[C@H]4[C@H](O)[C@@H](O)[C@@H](O[C@H]5[C@H](O)[C@@H](O)[C@@H](O[C@H]6[C@H](O)[C@@H](O)[C@@H](O[C@H]7[C@H](O)[C@@H](O)[C@@H](O[C@H]8[C@H](O)[C@@H](O)[C@@H](O[C@H]1[C@H](O)[C@H]2O)O[C@@H]8CO)O[C@@H]7CO)O[C@@H]6CO)O[C@@H]5CO)O[C@@H]4CO)O[C@@H]3CO. The Kier molecular flexibility index (Phi) is 24.3. The van der Waals surface area contributed by atoms with E-state index in [9.17, 15) is 102 Å². The first-order valence-electron chi connectivity index (χ1n) is 27.3. The van der Waals surface area contributed by atoms with Crippen molar-refractivity contribution in [2.75, 3.05) is 59.4 Å². The molecule has 35 atom stereocenters. The first-order chi connectivity index (χ1) is 39.7. The molecule has 0 aromatic heterocycles. The number of rotatable bonds is 13. The highest BCUT2D eigenvalue weighted by Gasteiger charge is 2.59. The van der Waals surface area contributed by atoms with Crippen molar-refractivity contribution in [1.29, 1.82) is 0 Å². The Morgan fingerprint density at radius 3 is 0.627 bits per heavy atom. The molecule has 0 radical (unpaired) electrons. The minimum absolute atomic E-state index is 0.0854. The highest BCUT2D eigenvalue weighted by molar-refractivity contribution is 5.02. The summed E-state index contributed by atoms with van der Waals surface area (Å²) in [5.41, 5.74) is 5.61. The molecule has 36 heteroatoms. The smallest absolute Gasteiger partial charge is 0.187 e. The summed E-state index contributed by atoms with van der Waals surface area (Å²) in [6, 6.07) is 0. The molecule has 21 aliphatic rings. The van der Waals surface area contributed by atoms with Gasteiger partial charge in [-0.2, -0.15) is 0 Å². The molecule has 0 saturated carbocycles. The average molecular weight is 1220 g/mol. The standard InChI is InChI=1S/C47H81NO35/c48-4-2-1-3-5-69-12-19-40-26(61)33(68)47(76-19)82-39-18(11-54)74-45(31(66)24(39)59)80-37-16(9-52)72-43(29(64)22(37)57)78-35-14(7-50)70-41(27(62)20(35)55)77-34-13(6-49)71-42(28(63)21(34)56)79-36-15(8-51)73-44(30(65)23(36)58)81-38-17(10-53)75-46(83-40)32(67)25(38)60/h13-47,49-68H,1-12,48H2/t13-,14-,15-,16-,17-,18-,19-,20-,21-,22-,23-,24-,25-,26-,27-,28-,29-,30-,31-,32-,33-,34-,35-,36-,37-,38-,39-,40-,41-,42-,43-,44-,45-,46-,47-/m1/s1. The third-order valence-corrected chi connectivity index (χ3v) is 15.9. The van der Waals surface area contributed by atoms with Gasteiger partial charge in [-0.25, -0.2) is 0 Å². The van der Waals surface area contributed by atoms with Crippen molar-refractivity contribution in [2.24, 2.45) is 5.73 Å². The summed E-state index contributed by atoms with van der Waals surface area (Å²) < 4.78 is 86.8. The lowest BCUT2D eigenvalue weighted by molar-refractivity contribution is -0.397. The van der Waals surface area contributed by atoms with E-state index in [0.29, 0.717) is 25.8 Å². The first-order valence-corrected chi connectivity index (χ1v) is 27.3. The van der Waals surface area contributed by atoms with Crippen molar-refractivity contribution >= 4 is 0 Å². The maximum atomic E-state index is 11.7. The molecule has 14 bridgehead atoms. The summed E-state index contributed by atoms with van der Waals surface area (Å²) in [6.45, 7) is -6.20. The topological polar surface area (TPSA) is 569 Å². The van der Waals surface area contributed by atoms with E-state index in [1.54, 1.807) is 0 Å². The number of unbranched alkanes of at least 4 members (excludes halogenated alkanes) is 2. The largest absolute Gasteiger partial charge is 0.394 e. The zero-order chi connectivity index (χ0) is 60.3. The summed E-state index contributed by atoms with van der Waals surface area (Å²) in [7, 11) is 0. The number of ether oxygens (including phenoxy) is 15. The lowest BCUT2D eigenvalue weighted by atomic mass is 9.95. The van der Waals surface area contributed by atoms with Gasteiger partial charge in [0.15, 0.2) is 44.0 Å². The van der Waals surface area contributed by atoms with Crippen LogP contribution in [-0.2, 0) is 71.1 Å². The van der Waals surface area contributed by atoms with Gasteiger partial charge in [-0.3, -0.25) is 0 Å². The van der Waals surface area contributed by atoms with Crippen molar-refractivity contribution in [1.82, 2.24) is 0 Å². The predicted molar refractivity (Wildman–Crippen MR) is 255 cm³/mol. The molecule has 22 N–H and O–H groups in total. The molecule has 36 nitrogen and oxygen atoms in total. The lowest BCUT2D eigenvalue weighted by Crippen LogP contribution is -2.68. The molecule has 21 rings (SSSR count). The quantitative estimate of drug-likeness (QED) is 0.0762. The van der Waals surface area contributed by atoms with Crippen LogP contribution in [0.15, 0.2) is 0 Å². The summed E-state index contributed by atoms with van der Waals surface area (Å²) in [6.07, 6.45) is -67.7. The average Bonchev–Trinajstić information content (AvgIpc) is 3.66. The zero-order valence-corrected chi connectivity index (χ0v) is 44.3. The van der Waals surface area contributed by atoms with Crippen LogP contribution >= 0.6 is 0 Å². The van der Waals surface area contributed by atoms with Crippen LogP contribution in [0.25, 0.3) is 0 Å². The van der Waals surface area contributed by atoms with Gasteiger partial charge < -0.3 is 179 Å². The number of hydrogen-bond donors (Lipinski definition) is 21. The molecule has 21 aliphatic heterocycles. The van der Waals surface area contributed by atoms with Crippen LogP contribution in [0, 0.1) is 0 Å². The van der Waals surface area contributed by atoms with Gasteiger partial charge in [-0.15, -0.1) is 0 Å². The normalized spacial score (nSPS) is 52.2. The van der Waals surface area contributed by atoms with Crippen LogP contribution in [-0.4, -0.2) is 376 Å². The van der Waals surface area contributed by atoms with E-state index < -0.39 is 261 Å². The van der Waals surface area contributed by atoms with Gasteiger partial charge in [0.05, 0.1) is 46.2 Å². The molecule has 484 valence electrons. The van der Waals surface area contributed by atoms with Crippen molar-refractivity contribution in [3.8, 4) is 0 Å². The number of nitrogens with two attached hydrogens (primary N) is 1. The van der Waals surface area contributed by atoms with Gasteiger partial charge in [-0.1, -0.05) is 0 Å². The van der Waals surface area contributed by atoms with Crippen molar-refractivity contribution in [2.45, 2.75) is 234 Å². The molecule has 21 heterocycles. The molecule has 0 spiro atoms. The third-order valence-electron chi connectivity index (χ3n) is 15.9. The Hall–Kier alpha value is -1.44. The zero-order valence-electron chi connectivity index (χ0n) is 44.3. The Bertz CT molecular complexity index is 1930. The molecular formula is C47H81NO35. The van der Waals surface area contributed by atoms with Crippen LogP contribution < -0.4 is 5.73 Å². The van der Waals surface area contributed by atoms with Gasteiger partial charge in [0.25, 0.3) is 0 Å². The van der Waals surface area contributed by atoms with E-state index in [4.69, 9.17) is 76.8 Å². The maximum Gasteiger partial charge on any atom is 0.187 e. The van der Waals surface area contributed by atoms with Gasteiger partial charge >= 0.3 is 0 Å². The molecule has 0 aromatic carbocycles. The van der Waals surface area contributed by atoms with Gasteiger partial charge in [0.1, 0.15) is 171 Å². The van der Waals surface area contributed by atoms with Crippen molar-refractivity contribution in [3.63, 3.8) is 0 Å². The highest BCUT2D eigenvalue weighted by Crippen LogP contribution is 2.39. The second-order valence-electron chi connectivity index (χ2n) is 21.4. The molecule has 83 heavy (non-hydrogen) atoms. The fourth-order valence-corrected chi connectivity index (χ4v) is 11.1. The van der Waals surface area contributed by atoms with E-state index >= 15 is 0 Å². The first kappa shape index (κ1) is 67.5. The van der Waals surface area contributed by atoms with Gasteiger partial charge in [-0.05, 0) is 25.8 Å². The van der Waals surface area contributed by atoms with Gasteiger partial charge in [0, 0.05) is 6.61 Å².